The molecule has 35 heavy (non-hydrogen) atoms. The minimum absolute atomic E-state index is 0.206. The number of nitrogens with one attached hydrogen (secondary N) is 3. The first-order valence-corrected chi connectivity index (χ1v) is 11.0. The lowest BCUT2D eigenvalue weighted by atomic mass is 10.1. The fourth-order valence-electron chi connectivity index (χ4n) is 3.15. The van der Waals surface area contributed by atoms with E-state index in [0.29, 0.717) is 22.7 Å². The molecule has 3 aromatic carbocycles. The first-order valence-electron chi connectivity index (χ1n) is 11.0. The maximum atomic E-state index is 12.3. The van der Waals surface area contributed by atoms with Gasteiger partial charge < -0.3 is 15.4 Å². The number of anilines is 2. The number of nitrogens with zero attached hydrogens (tertiary/aromatic N) is 1. The van der Waals surface area contributed by atoms with Gasteiger partial charge in [-0.2, -0.15) is 5.10 Å². The third-order valence-corrected chi connectivity index (χ3v) is 5.50. The predicted molar refractivity (Wildman–Crippen MR) is 137 cm³/mol. The van der Waals surface area contributed by atoms with E-state index >= 15 is 0 Å². The van der Waals surface area contributed by atoms with Gasteiger partial charge in [0.15, 0.2) is 6.61 Å². The van der Waals surface area contributed by atoms with E-state index in [9.17, 15) is 14.4 Å². The van der Waals surface area contributed by atoms with Gasteiger partial charge in [-0.05, 0) is 80.3 Å². The van der Waals surface area contributed by atoms with Gasteiger partial charge in [-0.1, -0.05) is 30.3 Å². The average Bonchev–Trinajstić information content (AvgIpc) is 2.83. The number of para-hydroxylation sites is 1. The zero-order valence-electron chi connectivity index (χ0n) is 20.1. The Hall–Kier alpha value is -4.46. The lowest BCUT2D eigenvalue weighted by Gasteiger charge is -2.11. The lowest BCUT2D eigenvalue weighted by molar-refractivity contribution is -0.136. The molecule has 3 amide bonds. The zero-order valence-corrected chi connectivity index (χ0v) is 20.1. The zero-order chi connectivity index (χ0) is 25.4. The monoisotopic (exact) mass is 472 g/mol. The van der Waals surface area contributed by atoms with Crippen molar-refractivity contribution in [3.8, 4) is 5.75 Å². The second-order valence-corrected chi connectivity index (χ2v) is 8.07. The Labute approximate surface area is 204 Å². The van der Waals surface area contributed by atoms with Gasteiger partial charge in [0.1, 0.15) is 5.75 Å². The summed E-state index contributed by atoms with van der Waals surface area (Å²) in [5, 5.41) is 9.23. The van der Waals surface area contributed by atoms with Crippen LogP contribution in [0.25, 0.3) is 0 Å². The number of hydrogen-bond acceptors (Lipinski definition) is 5. The van der Waals surface area contributed by atoms with Crippen LogP contribution in [0.2, 0.25) is 0 Å². The number of carbonyl (C=O) groups is 3. The molecule has 3 N–H and O–H groups in total. The van der Waals surface area contributed by atoms with Crippen molar-refractivity contribution in [2.24, 2.45) is 5.10 Å². The molecule has 3 rings (SSSR count). The molecule has 0 aliphatic heterocycles. The largest absolute Gasteiger partial charge is 0.483 e. The van der Waals surface area contributed by atoms with E-state index < -0.39 is 11.8 Å². The molecule has 0 saturated heterocycles. The highest BCUT2D eigenvalue weighted by molar-refractivity contribution is 6.39. The fraction of sp³-hybridized carbons (Fsp3) is 0.185. The van der Waals surface area contributed by atoms with Gasteiger partial charge in [-0.3, -0.25) is 14.4 Å². The molecule has 0 radical (unpaired) electrons. The molecule has 8 nitrogen and oxygen atoms in total. The number of carbonyl (C=O) groups excluding carboxylic acids is 3. The minimum atomic E-state index is -0.909. The van der Waals surface area contributed by atoms with E-state index in [4.69, 9.17) is 4.74 Å². The number of hydrazone groups is 1. The predicted octanol–water partition coefficient (Wildman–Crippen LogP) is 4.03. The van der Waals surface area contributed by atoms with Crippen LogP contribution in [-0.4, -0.2) is 30.5 Å². The quantitative estimate of drug-likeness (QED) is 0.274. The first kappa shape index (κ1) is 25.2. The van der Waals surface area contributed by atoms with Crippen LogP contribution in [-0.2, 0) is 14.4 Å². The molecule has 180 valence electrons. The Morgan fingerprint density at radius 3 is 2.37 bits per heavy atom. The van der Waals surface area contributed by atoms with Crippen LogP contribution in [0, 0.1) is 27.7 Å². The Morgan fingerprint density at radius 2 is 1.60 bits per heavy atom. The third kappa shape index (κ3) is 7.01. The summed E-state index contributed by atoms with van der Waals surface area (Å²) in [4.78, 5) is 36.6. The second kappa shape index (κ2) is 11.6. The Morgan fingerprint density at radius 1 is 0.829 bits per heavy atom. The number of rotatable bonds is 7. The second-order valence-electron chi connectivity index (χ2n) is 8.07. The molecular weight excluding hydrogens is 444 g/mol. The molecule has 0 fully saturated rings. The molecule has 0 aromatic heterocycles. The molecule has 0 unspecified atom stereocenters. The maximum absolute atomic E-state index is 12.3. The molecule has 0 atom stereocenters. The van der Waals surface area contributed by atoms with E-state index in [2.05, 4.69) is 21.2 Å². The summed E-state index contributed by atoms with van der Waals surface area (Å²) in [6.07, 6.45) is 1.35. The number of ether oxygens (including phenoxy) is 1. The van der Waals surface area contributed by atoms with E-state index in [-0.39, 0.29) is 12.5 Å². The normalized spacial score (nSPS) is 10.6. The van der Waals surface area contributed by atoms with Crippen LogP contribution < -0.4 is 20.8 Å². The van der Waals surface area contributed by atoms with Crippen LogP contribution in [0.5, 0.6) is 5.75 Å². The minimum Gasteiger partial charge on any atom is -0.483 e. The highest BCUT2D eigenvalue weighted by atomic mass is 16.5. The molecule has 3 aromatic rings. The number of hydrogen-bond donors (Lipinski definition) is 3. The van der Waals surface area contributed by atoms with Gasteiger partial charge in [0.25, 0.3) is 5.91 Å². The van der Waals surface area contributed by atoms with E-state index in [1.165, 1.54) is 6.21 Å². The summed E-state index contributed by atoms with van der Waals surface area (Å²) in [5.74, 6) is -1.64. The Balaban J connectivity index is 1.55. The Bertz CT molecular complexity index is 1280. The van der Waals surface area contributed by atoms with Crippen molar-refractivity contribution >= 4 is 35.3 Å². The highest BCUT2D eigenvalue weighted by Crippen LogP contribution is 2.18. The molecule has 0 aliphatic rings. The summed E-state index contributed by atoms with van der Waals surface area (Å²) >= 11 is 0. The van der Waals surface area contributed by atoms with Gasteiger partial charge in [0.05, 0.1) is 6.21 Å². The van der Waals surface area contributed by atoms with Gasteiger partial charge in [-0.25, -0.2) is 5.43 Å². The van der Waals surface area contributed by atoms with E-state index in [1.807, 2.05) is 52.0 Å². The first-order chi connectivity index (χ1) is 16.7. The molecule has 8 heteroatoms. The molecule has 0 heterocycles. The van der Waals surface area contributed by atoms with Gasteiger partial charge in [0, 0.05) is 16.9 Å². The summed E-state index contributed by atoms with van der Waals surface area (Å²) in [6, 6.07) is 18.0. The number of aryl methyl sites for hydroxylation is 3. The SMILES string of the molecule is Cc1ccc(NC(=O)COc2ccccc2/C=N\NC(=O)C(=O)Nc2cccc(C)c2C)cc1C. The van der Waals surface area contributed by atoms with Crippen molar-refractivity contribution in [3.05, 3.63) is 88.5 Å². The number of amides is 3. The van der Waals surface area contributed by atoms with Gasteiger partial charge in [0.2, 0.25) is 0 Å². The standard InChI is InChI=1S/C27H28N4O4/c1-17-12-13-22(14-19(17)3)29-25(32)16-35-24-11-6-5-9-21(24)15-28-31-27(34)26(33)30-23-10-7-8-18(2)20(23)4/h5-15H,16H2,1-4H3,(H,29,32)(H,30,33)(H,31,34)/b28-15-. The molecule has 0 spiro atoms. The van der Waals surface area contributed by atoms with Crippen molar-refractivity contribution in [3.63, 3.8) is 0 Å². The average molecular weight is 473 g/mol. The van der Waals surface area contributed by atoms with Crippen molar-refractivity contribution in [1.29, 1.82) is 0 Å². The molecular formula is C27H28N4O4. The maximum Gasteiger partial charge on any atom is 0.329 e. The number of benzene rings is 3. The summed E-state index contributed by atoms with van der Waals surface area (Å²) < 4.78 is 5.64. The van der Waals surface area contributed by atoms with Gasteiger partial charge >= 0.3 is 11.8 Å². The van der Waals surface area contributed by atoms with Crippen LogP contribution in [0.4, 0.5) is 11.4 Å². The van der Waals surface area contributed by atoms with E-state index in [1.54, 1.807) is 36.4 Å². The highest BCUT2D eigenvalue weighted by Gasteiger charge is 2.14. The van der Waals surface area contributed by atoms with Crippen LogP contribution in [0.1, 0.15) is 27.8 Å². The van der Waals surface area contributed by atoms with Crippen LogP contribution in [0.3, 0.4) is 0 Å². The summed E-state index contributed by atoms with van der Waals surface area (Å²) in [6.45, 7) is 7.55. The van der Waals surface area contributed by atoms with Crippen molar-refractivity contribution < 1.29 is 19.1 Å². The topological polar surface area (TPSA) is 109 Å². The third-order valence-electron chi connectivity index (χ3n) is 5.50. The lowest BCUT2D eigenvalue weighted by Crippen LogP contribution is -2.32. The van der Waals surface area contributed by atoms with Crippen LogP contribution >= 0.6 is 0 Å². The fourth-order valence-corrected chi connectivity index (χ4v) is 3.15. The summed E-state index contributed by atoms with van der Waals surface area (Å²) in [7, 11) is 0. The molecule has 0 bridgehead atoms. The molecule has 0 saturated carbocycles. The molecule has 0 aliphatic carbocycles. The summed E-state index contributed by atoms with van der Waals surface area (Å²) in [5.41, 5.74) is 8.09. The van der Waals surface area contributed by atoms with Crippen molar-refractivity contribution in [2.45, 2.75) is 27.7 Å². The van der Waals surface area contributed by atoms with Gasteiger partial charge in [-0.15, -0.1) is 0 Å². The van der Waals surface area contributed by atoms with E-state index in [0.717, 1.165) is 22.3 Å². The van der Waals surface area contributed by atoms with Crippen molar-refractivity contribution in [2.75, 3.05) is 17.2 Å². The Kier molecular flexibility index (Phi) is 8.34. The van der Waals surface area contributed by atoms with Crippen molar-refractivity contribution in [1.82, 2.24) is 5.43 Å². The van der Waals surface area contributed by atoms with Crippen LogP contribution in [0.15, 0.2) is 65.8 Å². The smallest absolute Gasteiger partial charge is 0.329 e.